The highest BCUT2D eigenvalue weighted by atomic mass is 127. The normalized spacial score (nSPS) is 17.1. The summed E-state index contributed by atoms with van der Waals surface area (Å²) < 4.78 is 10.8. The van der Waals surface area contributed by atoms with Crippen LogP contribution in [0.15, 0.2) is 29.3 Å². The van der Waals surface area contributed by atoms with Gasteiger partial charge in [-0.3, -0.25) is 9.89 Å². The summed E-state index contributed by atoms with van der Waals surface area (Å²) in [6.07, 6.45) is 2.64. The number of guanidine groups is 1. The van der Waals surface area contributed by atoms with Gasteiger partial charge in [0.2, 0.25) is 0 Å². The Hall–Kier alpha value is -1.26. The summed E-state index contributed by atoms with van der Waals surface area (Å²) in [5.74, 6) is 1.98. The molecule has 1 saturated carbocycles. The predicted octanol–water partition coefficient (Wildman–Crippen LogP) is 2.51. The van der Waals surface area contributed by atoms with Crippen molar-refractivity contribution in [1.82, 2.24) is 15.1 Å². The van der Waals surface area contributed by atoms with E-state index in [1.165, 1.54) is 18.5 Å². The molecule has 1 heterocycles. The number of hydrogen-bond donors (Lipinski definition) is 1. The molecule has 0 radical (unpaired) electrons. The number of piperazine rings is 1. The van der Waals surface area contributed by atoms with E-state index >= 15 is 0 Å². The molecule has 0 spiro atoms. The second-order valence-electron chi connectivity index (χ2n) is 7.64. The van der Waals surface area contributed by atoms with Gasteiger partial charge in [-0.1, -0.05) is 12.1 Å². The van der Waals surface area contributed by atoms with Crippen molar-refractivity contribution in [2.75, 3.05) is 78.1 Å². The van der Waals surface area contributed by atoms with E-state index in [1.54, 1.807) is 14.2 Å². The quantitative estimate of drug-likeness (QED) is 0.285. The van der Waals surface area contributed by atoms with E-state index < -0.39 is 0 Å². The highest BCUT2D eigenvalue weighted by Crippen LogP contribution is 2.28. The summed E-state index contributed by atoms with van der Waals surface area (Å²) in [5, 5.41) is 3.48. The molecular weight excluding hydrogens is 493 g/mol. The Kier molecular flexibility index (Phi) is 11.0. The molecule has 0 atom stereocenters. The first-order valence-electron chi connectivity index (χ1n) is 10.9. The molecule has 7 nitrogen and oxygen atoms in total. The van der Waals surface area contributed by atoms with Gasteiger partial charge in [-0.2, -0.15) is 0 Å². The number of hydrogen-bond acceptors (Lipinski definition) is 5. The number of nitrogens with one attached hydrogen (secondary N) is 1. The van der Waals surface area contributed by atoms with E-state index in [9.17, 15) is 0 Å². The van der Waals surface area contributed by atoms with Gasteiger partial charge in [0.25, 0.3) is 0 Å². The molecule has 170 valence electrons. The van der Waals surface area contributed by atoms with Gasteiger partial charge in [-0.05, 0) is 31.9 Å². The van der Waals surface area contributed by atoms with E-state index in [-0.39, 0.29) is 24.0 Å². The van der Waals surface area contributed by atoms with Crippen LogP contribution >= 0.6 is 24.0 Å². The molecule has 3 rings (SSSR count). The lowest BCUT2D eigenvalue weighted by molar-refractivity contribution is 0.145. The number of benzene rings is 1. The lowest BCUT2D eigenvalue weighted by Crippen LogP contribution is -2.52. The van der Waals surface area contributed by atoms with Crippen LogP contribution in [0.4, 0.5) is 5.69 Å². The number of aliphatic imine (C=N–C) groups is 1. The maximum absolute atomic E-state index is 5.53. The van der Waals surface area contributed by atoms with E-state index in [4.69, 9.17) is 14.5 Å². The molecule has 1 aliphatic heterocycles. The minimum Gasteiger partial charge on any atom is -0.495 e. The maximum Gasteiger partial charge on any atom is 0.194 e. The van der Waals surface area contributed by atoms with Crippen LogP contribution in [0.3, 0.4) is 0 Å². The summed E-state index contributed by atoms with van der Waals surface area (Å²) in [7, 11) is 3.51. The Morgan fingerprint density at radius 3 is 2.50 bits per heavy atom. The van der Waals surface area contributed by atoms with Gasteiger partial charge in [0.15, 0.2) is 5.96 Å². The molecule has 0 unspecified atom stereocenters. The molecule has 0 amide bonds. The Labute approximate surface area is 198 Å². The van der Waals surface area contributed by atoms with Gasteiger partial charge < -0.3 is 24.6 Å². The van der Waals surface area contributed by atoms with E-state index in [0.717, 1.165) is 76.7 Å². The highest BCUT2D eigenvalue weighted by molar-refractivity contribution is 14.0. The molecule has 1 N–H and O–H groups in total. The number of anilines is 1. The van der Waals surface area contributed by atoms with E-state index in [0.29, 0.717) is 0 Å². The van der Waals surface area contributed by atoms with Gasteiger partial charge in [-0.15, -0.1) is 24.0 Å². The Morgan fingerprint density at radius 1 is 1.13 bits per heavy atom. The third-order valence-electron chi connectivity index (χ3n) is 5.63. The van der Waals surface area contributed by atoms with Crippen molar-refractivity contribution in [2.24, 2.45) is 4.99 Å². The fraction of sp³-hybridized carbons (Fsp3) is 0.682. The molecule has 2 aliphatic rings. The smallest absolute Gasteiger partial charge is 0.194 e. The van der Waals surface area contributed by atoms with Crippen LogP contribution in [0.1, 0.15) is 19.8 Å². The van der Waals surface area contributed by atoms with Crippen LogP contribution < -0.4 is 15.0 Å². The largest absolute Gasteiger partial charge is 0.495 e. The van der Waals surface area contributed by atoms with E-state index in [2.05, 4.69) is 39.1 Å². The topological polar surface area (TPSA) is 52.6 Å². The summed E-state index contributed by atoms with van der Waals surface area (Å²) in [6.45, 7) is 10.5. The van der Waals surface area contributed by atoms with Crippen molar-refractivity contribution < 1.29 is 9.47 Å². The van der Waals surface area contributed by atoms with Crippen molar-refractivity contribution in [2.45, 2.75) is 25.8 Å². The first-order valence-corrected chi connectivity index (χ1v) is 10.9. The number of ether oxygens (including phenoxy) is 2. The van der Waals surface area contributed by atoms with Crippen LogP contribution in [0.5, 0.6) is 5.75 Å². The average Bonchev–Trinajstić information content (AvgIpc) is 3.61. The number of rotatable bonds is 10. The summed E-state index contributed by atoms with van der Waals surface area (Å²) in [4.78, 5) is 12.2. The molecule has 1 aromatic carbocycles. The summed E-state index contributed by atoms with van der Waals surface area (Å²) >= 11 is 0. The Balaban J connectivity index is 0.00000320. The fourth-order valence-corrected chi connectivity index (χ4v) is 3.89. The number of halogens is 1. The second-order valence-corrected chi connectivity index (χ2v) is 7.64. The van der Waals surface area contributed by atoms with Crippen LogP contribution in [0, 0.1) is 0 Å². The molecule has 1 aromatic rings. The second kappa shape index (κ2) is 13.2. The van der Waals surface area contributed by atoms with Crippen LogP contribution in [0.25, 0.3) is 0 Å². The molecule has 2 fully saturated rings. The zero-order chi connectivity index (χ0) is 20.5. The van der Waals surface area contributed by atoms with Crippen molar-refractivity contribution in [3.63, 3.8) is 0 Å². The predicted molar refractivity (Wildman–Crippen MR) is 135 cm³/mol. The van der Waals surface area contributed by atoms with Crippen molar-refractivity contribution in [1.29, 1.82) is 0 Å². The molecule has 30 heavy (non-hydrogen) atoms. The van der Waals surface area contributed by atoms with Crippen LogP contribution in [0.2, 0.25) is 0 Å². The van der Waals surface area contributed by atoms with Gasteiger partial charge in [0.1, 0.15) is 5.75 Å². The highest BCUT2D eigenvalue weighted by Gasteiger charge is 2.28. The molecule has 0 aromatic heterocycles. The van der Waals surface area contributed by atoms with Crippen molar-refractivity contribution in [3.05, 3.63) is 24.3 Å². The number of nitrogens with zero attached hydrogens (tertiary/aromatic N) is 4. The number of para-hydroxylation sites is 2. The van der Waals surface area contributed by atoms with Crippen LogP contribution in [-0.4, -0.2) is 95.0 Å². The zero-order valence-electron chi connectivity index (χ0n) is 18.7. The molecule has 0 bridgehead atoms. The maximum atomic E-state index is 5.53. The first kappa shape index (κ1) is 25.0. The third kappa shape index (κ3) is 7.16. The van der Waals surface area contributed by atoms with Gasteiger partial charge in [0.05, 0.1) is 25.9 Å². The lowest BCUT2D eigenvalue weighted by atomic mass is 10.2. The van der Waals surface area contributed by atoms with Crippen molar-refractivity contribution in [3.8, 4) is 5.75 Å². The lowest BCUT2D eigenvalue weighted by Gasteiger charge is -2.38. The minimum atomic E-state index is 0. The average molecular weight is 531 g/mol. The zero-order valence-corrected chi connectivity index (χ0v) is 21.0. The molecule has 1 saturated heterocycles. The monoisotopic (exact) mass is 531 g/mol. The van der Waals surface area contributed by atoms with Crippen molar-refractivity contribution >= 4 is 35.6 Å². The van der Waals surface area contributed by atoms with Gasteiger partial charge in [-0.25, -0.2) is 0 Å². The standard InChI is InChI=1S/C22H37N5O2.HI/c1-4-23-22(24-11-12-25(17-18-28-2)19-9-10-19)27-15-13-26(14-16-27)20-7-5-6-8-21(20)29-3;/h5-8,19H,4,9-18H2,1-3H3,(H,23,24);1H. The molecule has 1 aliphatic carbocycles. The Bertz CT molecular complexity index is 648. The molecule has 8 heteroatoms. The van der Waals surface area contributed by atoms with E-state index in [1.807, 2.05) is 12.1 Å². The first-order chi connectivity index (χ1) is 14.3. The summed E-state index contributed by atoms with van der Waals surface area (Å²) in [5.41, 5.74) is 1.18. The minimum absolute atomic E-state index is 0. The number of methoxy groups -OCH3 is 2. The fourth-order valence-electron chi connectivity index (χ4n) is 3.89. The Morgan fingerprint density at radius 2 is 1.87 bits per heavy atom. The third-order valence-corrected chi connectivity index (χ3v) is 5.63. The van der Waals surface area contributed by atoms with Gasteiger partial charge >= 0.3 is 0 Å². The summed E-state index contributed by atoms with van der Waals surface area (Å²) in [6, 6.07) is 9.01. The molecular formula is C22H38IN5O2. The van der Waals surface area contributed by atoms with Crippen LogP contribution in [-0.2, 0) is 4.74 Å². The van der Waals surface area contributed by atoms with Gasteiger partial charge in [0, 0.05) is 59.0 Å². The SMILES string of the molecule is CCNC(=NCCN(CCOC)C1CC1)N1CCN(c2ccccc2OC)CC1.I.